The molecule has 4 nitrogen and oxygen atoms in total. The summed E-state index contributed by atoms with van der Waals surface area (Å²) in [4.78, 5) is 15.0. The molecule has 6 heteroatoms. The van der Waals surface area contributed by atoms with Crippen molar-refractivity contribution in [2.75, 3.05) is 40.5 Å². The monoisotopic (exact) mass is 317 g/mol. The Morgan fingerprint density at radius 1 is 1.25 bits per heavy atom. The third-order valence-electron chi connectivity index (χ3n) is 2.81. The molecule has 0 spiro atoms. The predicted molar refractivity (Wildman–Crippen MR) is 83.0 cm³/mol. The molecule has 0 radical (unpaired) electrons. The molecule has 0 heterocycles. The standard InChI is InChI=1S/C14H20ClNO3S/c1-18-8-3-6-16(7-9-19-2)14(17)12-10-11(20)4-5-13(12)15/h4-5,10,20H,3,6-9H2,1-2H3. The second-order valence-corrected chi connectivity index (χ2v) is 5.22. The highest BCUT2D eigenvalue weighted by molar-refractivity contribution is 7.80. The Morgan fingerprint density at radius 3 is 2.60 bits per heavy atom. The van der Waals surface area contributed by atoms with Crippen LogP contribution in [0.2, 0.25) is 5.02 Å². The highest BCUT2D eigenvalue weighted by Crippen LogP contribution is 2.21. The highest BCUT2D eigenvalue weighted by Gasteiger charge is 2.18. The molecule has 20 heavy (non-hydrogen) atoms. The number of nitrogens with zero attached hydrogens (tertiary/aromatic N) is 1. The van der Waals surface area contributed by atoms with E-state index in [-0.39, 0.29) is 5.91 Å². The minimum Gasteiger partial charge on any atom is -0.385 e. The number of amides is 1. The Bertz CT molecular complexity index is 442. The van der Waals surface area contributed by atoms with Gasteiger partial charge in [-0.2, -0.15) is 0 Å². The molecule has 1 amide bonds. The van der Waals surface area contributed by atoms with Gasteiger partial charge < -0.3 is 14.4 Å². The van der Waals surface area contributed by atoms with E-state index < -0.39 is 0 Å². The maximum absolute atomic E-state index is 12.5. The Kier molecular flexibility index (Phi) is 7.99. The molecule has 0 atom stereocenters. The predicted octanol–water partition coefficient (Wildman–Crippen LogP) is 2.75. The Balaban J connectivity index is 2.82. The van der Waals surface area contributed by atoms with Crippen LogP contribution < -0.4 is 0 Å². The van der Waals surface area contributed by atoms with Crippen LogP contribution in [0.3, 0.4) is 0 Å². The summed E-state index contributed by atoms with van der Waals surface area (Å²) in [6, 6.07) is 5.12. The van der Waals surface area contributed by atoms with Gasteiger partial charge in [-0.05, 0) is 24.6 Å². The number of methoxy groups -OCH3 is 2. The molecule has 112 valence electrons. The largest absolute Gasteiger partial charge is 0.385 e. The van der Waals surface area contributed by atoms with Crippen LogP contribution in [-0.4, -0.2) is 51.3 Å². The van der Waals surface area contributed by atoms with E-state index >= 15 is 0 Å². The number of hydrogen-bond acceptors (Lipinski definition) is 4. The van der Waals surface area contributed by atoms with E-state index in [1.54, 1.807) is 37.3 Å². The molecule has 0 aliphatic rings. The van der Waals surface area contributed by atoms with Gasteiger partial charge in [0.25, 0.3) is 5.91 Å². The fourth-order valence-electron chi connectivity index (χ4n) is 1.76. The van der Waals surface area contributed by atoms with Crippen molar-refractivity contribution in [3.8, 4) is 0 Å². The first-order valence-electron chi connectivity index (χ1n) is 6.35. The fourth-order valence-corrected chi connectivity index (χ4v) is 2.17. The van der Waals surface area contributed by atoms with Crippen molar-refractivity contribution in [1.29, 1.82) is 0 Å². The highest BCUT2D eigenvalue weighted by atomic mass is 35.5. The van der Waals surface area contributed by atoms with Crippen molar-refractivity contribution in [3.05, 3.63) is 28.8 Å². The van der Waals surface area contributed by atoms with Gasteiger partial charge in [-0.25, -0.2) is 0 Å². The van der Waals surface area contributed by atoms with Gasteiger partial charge in [0, 0.05) is 38.8 Å². The van der Waals surface area contributed by atoms with E-state index in [2.05, 4.69) is 12.6 Å². The second kappa shape index (κ2) is 9.23. The molecule has 0 N–H and O–H groups in total. The summed E-state index contributed by atoms with van der Waals surface area (Å²) in [5, 5.41) is 0.432. The smallest absolute Gasteiger partial charge is 0.255 e. The van der Waals surface area contributed by atoms with Crippen molar-refractivity contribution in [1.82, 2.24) is 4.90 Å². The molecule has 0 aliphatic carbocycles. The van der Waals surface area contributed by atoms with Crippen molar-refractivity contribution >= 4 is 30.1 Å². The van der Waals surface area contributed by atoms with Gasteiger partial charge in [-0.3, -0.25) is 4.79 Å². The van der Waals surface area contributed by atoms with Gasteiger partial charge in [0.15, 0.2) is 0 Å². The number of carbonyl (C=O) groups is 1. The minimum absolute atomic E-state index is 0.112. The molecular formula is C14H20ClNO3S. The van der Waals surface area contributed by atoms with Crippen molar-refractivity contribution < 1.29 is 14.3 Å². The summed E-state index contributed by atoms with van der Waals surface area (Å²) >= 11 is 10.3. The second-order valence-electron chi connectivity index (χ2n) is 4.30. The molecule has 1 aromatic carbocycles. The van der Waals surface area contributed by atoms with Gasteiger partial charge in [0.2, 0.25) is 0 Å². The van der Waals surface area contributed by atoms with Crippen LogP contribution in [-0.2, 0) is 9.47 Å². The lowest BCUT2D eigenvalue weighted by Gasteiger charge is -2.23. The topological polar surface area (TPSA) is 38.8 Å². The zero-order valence-electron chi connectivity index (χ0n) is 11.8. The summed E-state index contributed by atoms with van der Waals surface area (Å²) in [6.45, 7) is 2.21. The number of carbonyl (C=O) groups excluding carboxylic acids is 1. The molecule has 0 bridgehead atoms. The summed E-state index contributed by atoms with van der Waals surface area (Å²) in [5.74, 6) is -0.112. The van der Waals surface area contributed by atoms with Crippen LogP contribution in [0.4, 0.5) is 0 Å². The lowest BCUT2D eigenvalue weighted by atomic mass is 10.2. The van der Waals surface area contributed by atoms with E-state index in [0.717, 1.165) is 6.42 Å². The summed E-state index contributed by atoms with van der Waals surface area (Å²) in [5.41, 5.74) is 0.465. The van der Waals surface area contributed by atoms with E-state index in [0.29, 0.717) is 41.8 Å². The normalized spacial score (nSPS) is 10.6. The number of ether oxygens (including phenoxy) is 2. The van der Waals surface area contributed by atoms with Gasteiger partial charge in [0.1, 0.15) is 0 Å². The van der Waals surface area contributed by atoms with Crippen LogP contribution in [0.1, 0.15) is 16.8 Å². The first kappa shape index (κ1) is 17.3. The first-order chi connectivity index (χ1) is 9.60. The molecule has 0 saturated heterocycles. The van der Waals surface area contributed by atoms with E-state index in [1.165, 1.54) is 0 Å². The third-order valence-corrected chi connectivity index (χ3v) is 3.42. The zero-order valence-corrected chi connectivity index (χ0v) is 13.4. The average Bonchev–Trinajstić information content (AvgIpc) is 2.44. The van der Waals surface area contributed by atoms with Gasteiger partial charge in [0.05, 0.1) is 17.2 Å². The molecule has 0 aromatic heterocycles. The van der Waals surface area contributed by atoms with Crippen molar-refractivity contribution in [3.63, 3.8) is 0 Å². The quantitative estimate of drug-likeness (QED) is 0.592. The van der Waals surface area contributed by atoms with Gasteiger partial charge >= 0.3 is 0 Å². The molecule has 0 fully saturated rings. The lowest BCUT2D eigenvalue weighted by molar-refractivity contribution is 0.0674. The number of thiol groups is 1. The number of rotatable bonds is 8. The molecule has 1 aromatic rings. The average molecular weight is 318 g/mol. The summed E-state index contributed by atoms with van der Waals surface area (Å²) < 4.78 is 10.1. The molecule has 0 unspecified atom stereocenters. The number of benzene rings is 1. The van der Waals surface area contributed by atoms with Crippen molar-refractivity contribution in [2.45, 2.75) is 11.3 Å². The van der Waals surface area contributed by atoms with Crippen molar-refractivity contribution in [2.24, 2.45) is 0 Å². The van der Waals surface area contributed by atoms with E-state index in [4.69, 9.17) is 21.1 Å². The van der Waals surface area contributed by atoms with Crippen LogP contribution in [0, 0.1) is 0 Å². The van der Waals surface area contributed by atoms with Crippen LogP contribution in [0.15, 0.2) is 23.1 Å². The first-order valence-corrected chi connectivity index (χ1v) is 7.18. The minimum atomic E-state index is -0.112. The molecule has 1 rings (SSSR count). The SMILES string of the molecule is COCCCN(CCOC)C(=O)c1cc(S)ccc1Cl. The van der Waals surface area contributed by atoms with Crippen LogP contribution in [0.5, 0.6) is 0 Å². The molecule has 0 saturated carbocycles. The van der Waals surface area contributed by atoms with Crippen LogP contribution in [0.25, 0.3) is 0 Å². The third kappa shape index (κ3) is 5.32. The van der Waals surface area contributed by atoms with Gasteiger partial charge in [-0.1, -0.05) is 11.6 Å². The summed E-state index contributed by atoms with van der Waals surface area (Å²) in [6.07, 6.45) is 0.768. The fraction of sp³-hybridized carbons (Fsp3) is 0.500. The number of hydrogen-bond donors (Lipinski definition) is 1. The lowest BCUT2D eigenvalue weighted by Crippen LogP contribution is -2.35. The van der Waals surface area contributed by atoms with Crippen LogP contribution >= 0.6 is 24.2 Å². The maximum Gasteiger partial charge on any atom is 0.255 e. The number of halogens is 1. The van der Waals surface area contributed by atoms with E-state index in [1.807, 2.05) is 0 Å². The summed E-state index contributed by atoms with van der Waals surface area (Å²) in [7, 11) is 3.25. The van der Waals surface area contributed by atoms with Gasteiger partial charge in [-0.15, -0.1) is 12.6 Å². The zero-order chi connectivity index (χ0) is 15.0. The molecule has 0 aliphatic heterocycles. The molecular weight excluding hydrogens is 298 g/mol. The Labute approximate surface area is 130 Å². The Morgan fingerprint density at radius 2 is 1.95 bits per heavy atom. The maximum atomic E-state index is 12.5. The van der Waals surface area contributed by atoms with E-state index in [9.17, 15) is 4.79 Å². The Hall–Kier alpha value is -0.750.